The Bertz CT molecular complexity index is 616. The lowest BCUT2D eigenvalue weighted by molar-refractivity contribution is -0.164. The zero-order valence-corrected chi connectivity index (χ0v) is 18.1. The number of alkyl halides is 3. The Morgan fingerprint density at radius 2 is 1.79 bits per heavy atom. The van der Waals surface area contributed by atoms with Gasteiger partial charge in [-0.15, -0.1) is 23.2 Å². The Morgan fingerprint density at radius 3 is 2.41 bits per heavy atom. The van der Waals surface area contributed by atoms with E-state index < -0.39 is 18.4 Å². The van der Waals surface area contributed by atoms with E-state index in [-0.39, 0.29) is 41.5 Å². The molecule has 4 atom stereocenters. The van der Waals surface area contributed by atoms with Gasteiger partial charge in [-0.25, -0.2) is 4.39 Å². The highest BCUT2D eigenvalue weighted by Gasteiger charge is 2.47. The molecule has 0 radical (unpaired) electrons. The van der Waals surface area contributed by atoms with Gasteiger partial charge in [-0.05, 0) is 44.4 Å². The van der Waals surface area contributed by atoms with Crippen molar-refractivity contribution in [1.29, 1.82) is 0 Å². The average Bonchev–Trinajstić information content (AvgIpc) is 2.65. The Balaban J connectivity index is 1.48. The summed E-state index contributed by atoms with van der Waals surface area (Å²) in [5, 5.41) is 2.95. The van der Waals surface area contributed by atoms with Crippen molar-refractivity contribution in [3.8, 4) is 0 Å². The van der Waals surface area contributed by atoms with Crippen LogP contribution in [0.1, 0.15) is 38.5 Å². The maximum atomic E-state index is 14.7. The van der Waals surface area contributed by atoms with Crippen LogP contribution in [0.25, 0.3) is 0 Å². The van der Waals surface area contributed by atoms with Gasteiger partial charge in [-0.2, -0.15) is 0 Å². The molecule has 3 heterocycles. The standard InChI is InChI=1S/C20H30Cl2FN3O3/c21-14-3-1-12(2-4-14)8-25-17(5-13-10-29-11-13)20(28)26(9-18(25)27)19-16(23)6-15(22)7-24-19/h12-17,19,24H,1-11H2. The Labute approximate surface area is 181 Å². The lowest BCUT2D eigenvalue weighted by Crippen LogP contribution is -2.68. The summed E-state index contributed by atoms with van der Waals surface area (Å²) in [6.45, 7) is 2.17. The van der Waals surface area contributed by atoms with E-state index in [1.165, 1.54) is 4.90 Å². The molecular formula is C20H30Cl2FN3O3. The molecule has 4 rings (SSSR count). The lowest BCUT2D eigenvalue weighted by Gasteiger charge is -2.47. The lowest BCUT2D eigenvalue weighted by atomic mass is 9.87. The maximum Gasteiger partial charge on any atom is 0.247 e. The summed E-state index contributed by atoms with van der Waals surface area (Å²) < 4.78 is 19.9. The Morgan fingerprint density at radius 1 is 1.07 bits per heavy atom. The van der Waals surface area contributed by atoms with Crippen LogP contribution in [0, 0.1) is 11.8 Å². The van der Waals surface area contributed by atoms with Gasteiger partial charge in [0.15, 0.2) is 0 Å². The zero-order chi connectivity index (χ0) is 20.5. The normalized spacial score (nSPS) is 39.6. The van der Waals surface area contributed by atoms with E-state index in [0.717, 1.165) is 25.7 Å². The number of halogens is 3. The Kier molecular flexibility index (Phi) is 6.89. The number of ether oxygens (including phenoxy) is 1. The van der Waals surface area contributed by atoms with Crippen LogP contribution in [0.4, 0.5) is 4.39 Å². The van der Waals surface area contributed by atoms with Crippen LogP contribution in [0.3, 0.4) is 0 Å². The molecule has 3 saturated heterocycles. The molecule has 3 aliphatic heterocycles. The predicted octanol–water partition coefficient (Wildman–Crippen LogP) is 2.12. The first-order valence-corrected chi connectivity index (χ1v) is 11.6. The van der Waals surface area contributed by atoms with Crippen molar-refractivity contribution < 1.29 is 18.7 Å². The first-order valence-electron chi connectivity index (χ1n) is 10.8. The van der Waals surface area contributed by atoms with Crippen molar-refractivity contribution in [3.63, 3.8) is 0 Å². The van der Waals surface area contributed by atoms with Gasteiger partial charge in [0, 0.05) is 29.8 Å². The molecule has 4 aliphatic rings. The van der Waals surface area contributed by atoms with Crippen molar-refractivity contribution in [3.05, 3.63) is 0 Å². The van der Waals surface area contributed by atoms with Gasteiger partial charge >= 0.3 is 0 Å². The Hall–Kier alpha value is -0.630. The molecule has 0 aromatic rings. The number of carbonyl (C=O) groups excluding carboxylic acids is 2. The number of hydrogen-bond donors (Lipinski definition) is 1. The SMILES string of the molecule is O=C1CN(C2NCC(Cl)CC2F)C(=O)C(CC2COC2)N1CC1CCC(Cl)CC1. The molecule has 1 aliphatic carbocycles. The molecule has 0 bridgehead atoms. The summed E-state index contributed by atoms with van der Waals surface area (Å²) in [7, 11) is 0. The molecular weight excluding hydrogens is 420 g/mol. The van der Waals surface area contributed by atoms with E-state index in [1.807, 2.05) is 0 Å². The van der Waals surface area contributed by atoms with Crippen molar-refractivity contribution in [1.82, 2.24) is 15.1 Å². The monoisotopic (exact) mass is 449 g/mol. The number of nitrogens with one attached hydrogen (secondary N) is 1. The minimum absolute atomic E-state index is 0.0770. The van der Waals surface area contributed by atoms with Gasteiger partial charge in [0.05, 0.1) is 13.2 Å². The summed E-state index contributed by atoms with van der Waals surface area (Å²) in [4.78, 5) is 29.7. The van der Waals surface area contributed by atoms with Crippen molar-refractivity contribution in [2.45, 2.75) is 67.7 Å². The third-order valence-electron chi connectivity index (χ3n) is 6.77. The molecule has 164 valence electrons. The number of amides is 2. The fourth-order valence-corrected chi connectivity index (χ4v) is 5.47. The third-order valence-corrected chi connectivity index (χ3v) is 7.54. The van der Waals surface area contributed by atoms with Gasteiger partial charge < -0.3 is 14.5 Å². The minimum Gasteiger partial charge on any atom is -0.381 e. The van der Waals surface area contributed by atoms with Crippen LogP contribution in [0.2, 0.25) is 0 Å². The van der Waals surface area contributed by atoms with Gasteiger partial charge in [0.2, 0.25) is 11.8 Å². The van der Waals surface area contributed by atoms with Crippen molar-refractivity contribution >= 4 is 35.0 Å². The fourth-order valence-electron chi connectivity index (χ4n) is 4.96. The quantitative estimate of drug-likeness (QED) is 0.652. The second-order valence-electron chi connectivity index (χ2n) is 8.99. The van der Waals surface area contributed by atoms with Crippen LogP contribution >= 0.6 is 23.2 Å². The molecule has 1 N–H and O–H groups in total. The summed E-state index contributed by atoms with van der Waals surface area (Å²) in [5.41, 5.74) is 0. The molecule has 1 saturated carbocycles. The molecule has 29 heavy (non-hydrogen) atoms. The third kappa shape index (κ3) is 4.83. The summed E-state index contributed by atoms with van der Waals surface area (Å²) in [6.07, 6.45) is 2.55. The van der Waals surface area contributed by atoms with Gasteiger partial charge in [0.25, 0.3) is 0 Å². The first kappa shape index (κ1) is 21.6. The second kappa shape index (κ2) is 9.25. The largest absolute Gasteiger partial charge is 0.381 e. The van der Waals surface area contributed by atoms with Crippen LogP contribution in [-0.4, -0.2) is 83.6 Å². The highest BCUT2D eigenvalue weighted by atomic mass is 35.5. The van der Waals surface area contributed by atoms with Gasteiger partial charge in [0.1, 0.15) is 24.9 Å². The van der Waals surface area contributed by atoms with Gasteiger partial charge in [-0.3, -0.25) is 14.9 Å². The highest BCUT2D eigenvalue weighted by Crippen LogP contribution is 2.32. The van der Waals surface area contributed by atoms with E-state index in [1.54, 1.807) is 4.90 Å². The summed E-state index contributed by atoms with van der Waals surface area (Å²) >= 11 is 12.3. The molecule has 4 unspecified atom stereocenters. The molecule has 6 nitrogen and oxygen atoms in total. The van der Waals surface area contributed by atoms with Crippen molar-refractivity contribution in [2.24, 2.45) is 11.8 Å². The molecule has 0 spiro atoms. The van der Waals surface area contributed by atoms with E-state index in [0.29, 0.717) is 38.6 Å². The number of carbonyl (C=O) groups is 2. The molecule has 4 fully saturated rings. The predicted molar refractivity (Wildman–Crippen MR) is 109 cm³/mol. The number of piperazine rings is 1. The smallest absolute Gasteiger partial charge is 0.247 e. The maximum absolute atomic E-state index is 14.7. The van der Waals surface area contributed by atoms with Crippen molar-refractivity contribution in [2.75, 3.05) is 32.8 Å². The van der Waals surface area contributed by atoms with E-state index in [2.05, 4.69) is 5.32 Å². The molecule has 0 aromatic carbocycles. The molecule has 2 amide bonds. The van der Waals surface area contributed by atoms with E-state index in [9.17, 15) is 14.0 Å². The number of hydrogen-bond acceptors (Lipinski definition) is 4. The van der Waals surface area contributed by atoms with Gasteiger partial charge in [-0.1, -0.05) is 0 Å². The second-order valence-corrected chi connectivity index (χ2v) is 10.2. The summed E-state index contributed by atoms with van der Waals surface area (Å²) in [5.74, 6) is 0.387. The van der Waals surface area contributed by atoms with Crippen LogP contribution in [0.15, 0.2) is 0 Å². The number of piperidine rings is 1. The summed E-state index contributed by atoms with van der Waals surface area (Å²) in [6, 6.07) is -0.540. The highest BCUT2D eigenvalue weighted by molar-refractivity contribution is 6.21. The number of nitrogens with zero attached hydrogens (tertiary/aromatic N) is 2. The average molecular weight is 450 g/mol. The van der Waals surface area contributed by atoms with Crippen LogP contribution < -0.4 is 5.32 Å². The van der Waals surface area contributed by atoms with Crippen LogP contribution in [0.5, 0.6) is 0 Å². The number of rotatable bonds is 5. The fraction of sp³-hybridized carbons (Fsp3) is 0.900. The topological polar surface area (TPSA) is 61.9 Å². The van der Waals surface area contributed by atoms with E-state index in [4.69, 9.17) is 27.9 Å². The molecule has 0 aromatic heterocycles. The van der Waals surface area contributed by atoms with E-state index >= 15 is 0 Å². The minimum atomic E-state index is -1.28. The van der Waals surface area contributed by atoms with Crippen LogP contribution in [-0.2, 0) is 14.3 Å². The first-order chi connectivity index (χ1) is 13.9. The zero-order valence-electron chi connectivity index (χ0n) is 16.6. The molecule has 9 heteroatoms.